The number of alkyl halides is 1. The molecule has 4 heteroatoms. The molecule has 0 aliphatic carbocycles. The highest BCUT2D eigenvalue weighted by Gasteiger charge is 2.19. The van der Waals surface area contributed by atoms with Crippen LogP contribution in [0.1, 0.15) is 23.2 Å². The number of carbonyl (C=O) groups is 1. The van der Waals surface area contributed by atoms with E-state index < -0.39 is 0 Å². The number of amides is 1. The van der Waals surface area contributed by atoms with Crippen molar-refractivity contribution < 1.29 is 9.21 Å². The summed E-state index contributed by atoms with van der Waals surface area (Å²) in [5, 5.41) is 0. The van der Waals surface area contributed by atoms with Crippen molar-refractivity contribution in [3.63, 3.8) is 0 Å². The highest BCUT2D eigenvalue weighted by molar-refractivity contribution is 6.18. The van der Waals surface area contributed by atoms with Crippen LogP contribution in [-0.4, -0.2) is 29.8 Å². The Kier molecular flexibility index (Phi) is 3.58. The van der Waals surface area contributed by atoms with Crippen LogP contribution in [0.2, 0.25) is 0 Å². The fraction of sp³-hybridized carbons (Fsp3) is 0.500. The number of halogens is 1. The molecule has 0 N–H and O–H groups in total. The van der Waals surface area contributed by atoms with E-state index in [4.69, 9.17) is 16.0 Å². The van der Waals surface area contributed by atoms with E-state index in [0.29, 0.717) is 11.6 Å². The molecule has 1 atom stereocenters. The topological polar surface area (TPSA) is 33.5 Å². The summed E-state index contributed by atoms with van der Waals surface area (Å²) < 4.78 is 5.23. The summed E-state index contributed by atoms with van der Waals surface area (Å²) in [4.78, 5) is 13.3. The molecule has 0 aliphatic heterocycles. The van der Waals surface area contributed by atoms with Crippen molar-refractivity contribution in [2.75, 3.05) is 12.9 Å². The van der Waals surface area contributed by atoms with Crippen molar-refractivity contribution in [2.24, 2.45) is 0 Å². The molecule has 0 aliphatic rings. The van der Waals surface area contributed by atoms with E-state index in [1.807, 2.05) is 13.8 Å². The molecule has 0 aromatic carbocycles. The second-order valence-corrected chi connectivity index (χ2v) is 3.64. The van der Waals surface area contributed by atoms with E-state index in [9.17, 15) is 4.79 Å². The molecule has 0 bridgehead atoms. The fourth-order valence-corrected chi connectivity index (χ4v) is 1.23. The lowest BCUT2D eigenvalue weighted by atomic mass is 10.3. The van der Waals surface area contributed by atoms with Gasteiger partial charge in [-0.3, -0.25) is 4.79 Å². The van der Waals surface area contributed by atoms with Gasteiger partial charge in [0.2, 0.25) is 0 Å². The third-order valence-corrected chi connectivity index (χ3v) is 2.60. The number of aryl methyl sites for hydroxylation is 1. The molecule has 0 radical (unpaired) electrons. The molecule has 14 heavy (non-hydrogen) atoms. The van der Waals surface area contributed by atoms with E-state index in [2.05, 4.69) is 0 Å². The first kappa shape index (κ1) is 11.1. The minimum Gasteiger partial charge on any atom is -0.456 e. The van der Waals surface area contributed by atoms with Crippen LogP contribution >= 0.6 is 11.6 Å². The first-order valence-electron chi connectivity index (χ1n) is 4.45. The second-order valence-electron chi connectivity index (χ2n) is 3.33. The summed E-state index contributed by atoms with van der Waals surface area (Å²) in [7, 11) is 1.72. The van der Waals surface area contributed by atoms with Gasteiger partial charge in [0, 0.05) is 19.0 Å². The van der Waals surface area contributed by atoms with E-state index in [-0.39, 0.29) is 11.9 Å². The molecule has 78 valence electrons. The van der Waals surface area contributed by atoms with Gasteiger partial charge in [0.05, 0.1) is 0 Å². The van der Waals surface area contributed by atoms with Gasteiger partial charge in [0.15, 0.2) is 5.76 Å². The zero-order chi connectivity index (χ0) is 10.7. The Balaban J connectivity index is 2.75. The minimum absolute atomic E-state index is 0.00886. The molecule has 1 aromatic rings. The molecule has 1 rings (SSSR count). The standard InChI is InChI=1S/C10H14ClNO2/c1-7(6-11)12(3)10(13)9-5-4-8(2)14-9/h4-5,7H,6H2,1-3H3. The van der Waals surface area contributed by atoms with Crippen molar-refractivity contribution in [3.05, 3.63) is 23.7 Å². The molecular weight excluding hydrogens is 202 g/mol. The van der Waals surface area contributed by atoms with Crippen LogP contribution in [0, 0.1) is 6.92 Å². The zero-order valence-corrected chi connectivity index (χ0v) is 9.34. The second kappa shape index (κ2) is 4.51. The van der Waals surface area contributed by atoms with Gasteiger partial charge in [-0.05, 0) is 26.0 Å². The van der Waals surface area contributed by atoms with Gasteiger partial charge in [0.1, 0.15) is 5.76 Å². The Hall–Kier alpha value is -0.960. The quantitative estimate of drug-likeness (QED) is 0.725. The van der Waals surface area contributed by atoms with Crippen molar-refractivity contribution in [2.45, 2.75) is 19.9 Å². The number of carbonyl (C=O) groups excluding carboxylic acids is 1. The number of furan rings is 1. The maximum absolute atomic E-state index is 11.7. The normalized spacial score (nSPS) is 12.6. The van der Waals surface area contributed by atoms with Crippen LogP contribution < -0.4 is 0 Å². The molecule has 3 nitrogen and oxygen atoms in total. The summed E-state index contributed by atoms with van der Waals surface area (Å²) in [6, 6.07) is 3.45. The summed E-state index contributed by atoms with van der Waals surface area (Å²) >= 11 is 5.66. The number of hydrogen-bond acceptors (Lipinski definition) is 2. The number of rotatable bonds is 3. The van der Waals surface area contributed by atoms with Crippen molar-refractivity contribution in [1.29, 1.82) is 0 Å². The van der Waals surface area contributed by atoms with Crippen LogP contribution in [0.15, 0.2) is 16.5 Å². The van der Waals surface area contributed by atoms with Gasteiger partial charge < -0.3 is 9.32 Å². The van der Waals surface area contributed by atoms with Gasteiger partial charge in [-0.1, -0.05) is 0 Å². The summed E-state index contributed by atoms with van der Waals surface area (Å²) in [6.07, 6.45) is 0. The zero-order valence-electron chi connectivity index (χ0n) is 8.58. The van der Waals surface area contributed by atoms with E-state index >= 15 is 0 Å². The van der Waals surface area contributed by atoms with Crippen LogP contribution in [0.4, 0.5) is 0 Å². The number of hydrogen-bond donors (Lipinski definition) is 0. The third-order valence-electron chi connectivity index (χ3n) is 2.16. The van der Waals surface area contributed by atoms with Crippen LogP contribution in [0.25, 0.3) is 0 Å². The van der Waals surface area contributed by atoms with Crippen LogP contribution in [-0.2, 0) is 0 Å². The van der Waals surface area contributed by atoms with Gasteiger partial charge >= 0.3 is 0 Å². The Morgan fingerprint density at radius 1 is 1.64 bits per heavy atom. The Morgan fingerprint density at radius 2 is 2.29 bits per heavy atom. The third kappa shape index (κ3) is 2.29. The maximum Gasteiger partial charge on any atom is 0.289 e. The minimum atomic E-state index is -0.133. The van der Waals surface area contributed by atoms with Crippen LogP contribution in [0.5, 0.6) is 0 Å². The summed E-state index contributed by atoms with van der Waals surface area (Å²) in [5.41, 5.74) is 0. The van der Waals surface area contributed by atoms with Crippen molar-refractivity contribution >= 4 is 17.5 Å². The smallest absolute Gasteiger partial charge is 0.289 e. The van der Waals surface area contributed by atoms with Gasteiger partial charge in [-0.25, -0.2) is 0 Å². The van der Waals surface area contributed by atoms with Gasteiger partial charge in [0.25, 0.3) is 5.91 Å². The SMILES string of the molecule is Cc1ccc(C(=O)N(C)C(C)CCl)o1. The first-order valence-corrected chi connectivity index (χ1v) is 4.99. The number of nitrogens with zero attached hydrogens (tertiary/aromatic N) is 1. The van der Waals surface area contributed by atoms with Crippen LogP contribution in [0.3, 0.4) is 0 Å². The monoisotopic (exact) mass is 215 g/mol. The maximum atomic E-state index is 11.7. The Morgan fingerprint density at radius 3 is 2.71 bits per heavy atom. The molecule has 1 heterocycles. The van der Waals surface area contributed by atoms with Gasteiger partial charge in [-0.15, -0.1) is 11.6 Å². The lowest BCUT2D eigenvalue weighted by Crippen LogP contribution is -2.35. The first-order chi connectivity index (χ1) is 6.56. The molecule has 1 amide bonds. The van der Waals surface area contributed by atoms with Gasteiger partial charge in [-0.2, -0.15) is 0 Å². The summed E-state index contributed by atoms with van der Waals surface area (Å²) in [6.45, 7) is 3.70. The van der Waals surface area contributed by atoms with E-state index in [1.165, 1.54) is 0 Å². The van der Waals surface area contributed by atoms with E-state index in [0.717, 1.165) is 5.76 Å². The lowest BCUT2D eigenvalue weighted by molar-refractivity contribution is 0.0723. The average molecular weight is 216 g/mol. The molecule has 1 unspecified atom stereocenters. The lowest BCUT2D eigenvalue weighted by Gasteiger charge is -2.21. The highest BCUT2D eigenvalue weighted by atomic mass is 35.5. The fourth-order valence-electron chi connectivity index (χ4n) is 1.03. The Labute approximate surface area is 88.6 Å². The average Bonchev–Trinajstić information content (AvgIpc) is 2.61. The van der Waals surface area contributed by atoms with Crippen molar-refractivity contribution in [3.8, 4) is 0 Å². The highest BCUT2D eigenvalue weighted by Crippen LogP contribution is 2.11. The molecule has 0 saturated heterocycles. The van der Waals surface area contributed by atoms with E-state index in [1.54, 1.807) is 24.1 Å². The molecular formula is C10H14ClNO2. The molecule has 0 spiro atoms. The largest absolute Gasteiger partial charge is 0.456 e. The predicted octanol–water partition coefficient (Wildman–Crippen LogP) is 2.29. The Bertz CT molecular complexity index is 322. The molecule has 0 saturated carbocycles. The predicted molar refractivity (Wildman–Crippen MR) is 55.7 cm³/mol. The van der Waals surface area contributed by atoms with Crippen molar-refractivity contribution in [1.82, 2.24) is 4.90 Å². The molecule has 0 fully saturated rings. The molecule has 1 aromatic heterocycles. The summed E-state index contributed by atoms with van der Waals surface area (Å²) in [5.74, 6) is 1.38.